The zero-order chi connectivity index (χ0) is 21.0. The summed E-state index contributed by atoms with van der Waals surface area (Å²) in [6, 6.07) is 12.7. The molecule has 0 unspecified atom stereocenters. The molecule has 8 heteroatoms. The maximum absolute atomic E-state index is 14.2. The molecule has 5 nitrogen and oxygen atoms in total. The minimum absolute atomic E-state index is 0.318. The van der Waals surface area contributed by atoms with Crippen LogP contribution in [-0.4, -0.2) is 21.2 Å². The second-order valence-electron chi connectivity index (χ2n) is 6.80. The van der Waals surface area contributed by atoms with Crippen LogP contribution < -0.4 is 5.32 Å². The van der Waals surface area contributed by atoms with E-state index < -0.39 is 0 Å². The number of halogens is 1. The monoisotopic (exact) mass is 427 g/mol. The molecule has 0 radical (unpaired) electrons. The van der Waals surface area contributed by atoms with Crippen molar-refractivity contribution in [2.75, 3.05) is 11.9 Å². The lowest BCUT2D eigenvalue weighted by atomic mass is 10.1. The standard InChI is InChI=1S/C21H22FN5S2/c1-4-26(12-17-7-6-16(11-23)10-19(17)22)13-27-21(28)29-20(25-27)24-18-8-5-14(2)15(3)9-18/h5-10H,4,12-13H2,1-3H3,(H,24,25). The summed E-state index contributed by atoms with van der Waals surface area (Å²) in [6.07, 6.45) is 0. The molecule has 0 atom stereocenters. The van der Waals surface area contributed by atoms with Gasteiger partial charge in [-0.05, 0) is 68.0 Å². The Morgan fingerprint density at radius 1 is 1.24 bits per heavy atom. The number of hydrogen-bond acceptors (Lipinski definition) is 6. The van der Waals surface area contributed by atoms with Gasteiger partial charge in [0.25, 0.3) is 0 Å². The minimum atomic E-state index is -0.374. The number of hydrogen-bond donors (Lipinski definition) is 1. The van der Waals surface area contributed by atoms with Crippen LogP contribution in [0.25, 0.3) is 0 Å². The average Bonchev–Trinajstić information content (AvgIpc) is 3.04. The second kappa shape index (κ2) is 9.27. The highest BCUT2D eigenvalue weighted by Gasteiger charge is 2.12. The summed E-state index contributed by atoms with van der Waals surface area (Å²) in [4.78, 5) is 2.04. The zero-order valence-corrected chi connectivity index (χ0v) is 18.2. The van der Waals surface area contributed by atoms with Crippen molar-refractivity contribution < 1.29 is 4.39 Å². The van der Waals surface area contributed by atoms with Crippen molar-refractivity contribution in [3.63, 3.8) is 0 Å². The second-order valence-corrected chi connectivity index (χ2v) is 8.42. The zero-order valence-electron chi connectivity index (χ0n) is 16.6. The van der Waals surface area contributed by atoms with Gasteiger partial charge in [0.05, 0.1) is 18.3 Å². The summed E-state index contributed by atoms with van der Waals surface area (Å²) in [5, 5.41) is 17.5. The molecule has 1 heterocycles. The number of aryl methyl sites for hydroxylation is 2. The van der Waals surface area contributed by atoms with Crippen LogP contribution in [0, 0.1) is 35.0 Å². The largest absolute Gasteiger partial charge is 0.330 e. The highest BCUT2D eigenvalue weighted by molar-refractivity contribution is 7.73. The van der Waals surface area contributed by atoms with Gasteiger partial charge in [-0.1, -0.05) is 30.4 Å². The highest BCUT2D eigenvalue weighted by Crippen LogP contribution is 2.23. The van der Waals surface area contributed by atoms with Crippen LogP contribution in [-0.2, 0) is 13.2 Å². The normalized spacial score (nSPS) is 10.9. The first-order valence-corrected chi connectivity index (χ1v) is 10.4. The van der Waals surface area contributed by atoms with Crippen molar-refractivity contribution in [1.82, 2.24) is 14.7 Å². The van der Waals surface area contributed by atoms with E-state index in [-0.39, 0.29) is 5.82 Å². The molecule has 1 N–H and O–H groups in total. The van der Waals surface area contributed by atoms with Crippen LogP contribution in [0.2, 0.25) is 0 Å². The van der Waals surface area contributed by atoms with Crippen molar-refractivity contribution in [3.05, 3.63) is 68.4 Å². The number of benzene rings is 2. The smallest absolute Gasteiger partial charge is 0.209 e. The molecule has 1 aromatic heterocycles. The van der Waals surface area contributed by atoms with Crippen molar-refractivity contribution in [2.45, 2.75) is 34.0 Å². The Kier molecular flexibility index (Phi) is 6.75. The lowest BCUT2D eigenvalue weighted by Crippen LogP contribution is -2.27. The van der Waals surface area contributed by atoms with Crippen LogP contribution in [0.4, 0.5) is 15.2 Å². The molecular weight excluding hydrogens is 405 g/mol. The summed E-state index contributed by atoms with van der Waals surface area (Å²) < 4.78 is 16.6. The number of nitriles is 1. The quantitative estimate of drug-likeness (QED) is 0.503. The molecule has 0 saturated carbocycles. The molecule has 0 aliphatic heterocycles. The average molecular weight is 428 g/mol. The summed E-state index contributed by atoms with van der Waals surface area (Å²) in [5.41, 5.74) is 4.28. The van der Waals surface area contributed by atoms with E-state index in [9.17, 15) is 4.39 Å². The lowest BCUT2D eigenvalue weighted by Gasteiger charge is -2.20. The summed E-state index contributed by atoms with van der Waals surface area (Å²) in [7, 11) is 0. The van der Waals surface area contributed by atoms with E-state index in [2.05, 4.69) is 36.4 Å². The number of nitrogens with one attached hydrogen (secondary N) is 1. The Bertz CT molecular complexity index is 1110. The molecule has 3 rings (SSSR count). The first-order chi connectivity index (χ1) is 13.9. The van der Waals surface area contributed by atoms with E-state index in [1.165, 1.54) is 28.5 Å². The Balaban J connectivity index is 1.72. The lowest BCUT2D eigenvalue weighted by molar-refractivity contribution is 0.206. The van der Waals surface area contributed by atoms with Gasteiger partial charge < -0.3 is 5.32 Å². The Hall–Kier alpha value is -2.60. The molecule has 0 amide bonds. The van der Waals surface area contributed by atoms with E-state index >= 15 is 0 Å². The van der Waals surface area contributed by atoms with Crippen molar-refractivity contribution in [3.8, 4) is 6.07 Å². The van der Waals surface area contributed by atoms with Gasteiger partial charge in [0.2, 0.25) is 5.13 Å². The molecule has 0 aliphatic rings. The van der Waals surface area contributed by atoms with Crippen LogP contribution >= 0.6 is 23.6 Å². The van der Waals surface area contributed by atoms with Gasteiger partial charge in [-0.25, -0.2) is 9.07 Å². The maximum atomic E-state index is 14.2. The van der Waals surface area contributed by atoms with Crippen molar-refractivity contribution in [1.29, 1.82) is 5.26 Å². The molecule has 0 spiro atoms. The molecule has 0 fully saturated rings. The SMILES string of the molecule is CCN(Cc1ccc(C#N)cc1F)Cn1nc(Nc2ccc(C)c(C)c2)sc1=S. The van der Waals surface area contributed by atoms with Gasteiger partial charge in [-0.3, -0.25) is 4.90 Å². The Labute approximate surface area is 179 Å². The predicted octanol–water partition coefficient (Wildman–Crippen LogP) is 5.52. The van der Waals surface area contributed by atoms with Gasteiger partial charge in [0.15, 0.2) is 3.95 Å². The Morgan fingerprint density at radius 2 is 2.03 bits per heavy atom. The van der Waals surface area contributed by atoms with E-state index in [1.807, 2.05) is 24.0 Å². The van der Waals surface area contributed by atoms with Crippen molar-refractivity contribution >= 4 is 34.4 Å². The molecule has 0 bridgehead atoms. The van der Waals surface area contributed by atoms with Gasteiger partial charge in [-0.2, -0.15) is 5.26 Å². The summed E-state index contributed by atoms with van der Waals surface area (Å²) >= 11 is 6.87. The van der Waals surface area contributed by atoms with Crippen LogP contribution in [0.5, 0.6) is 0 Å². The molecule has 3 aromatic rings. The fourth-order valence-electron chi connectivity index (χ4n) is 2.83. The first kappa shape index (κ1) is 21.1. The van der Waals surface area contributed by atoms with E-state index in [4.69, 9.17) is 17.5 Å². The van der Waals surface area contributed by atoms with Gasteiger partial charge in [0.1, 0.15) is 5.82 Å². The maximum Gasteiger partial charge on any atom is 0.209 e. The van der Waals surface area contributed by atoms with E-state index in [1.54, 1.807) is 16.8 Å². The van der Waals surface area contributed by atoms with Crippen molar-refractivity contribution in [2.24, 2.45) is 0 Å². The molecule has 150 valence electrons. The van der Waals surface area contributed by atoms with Crippen LogP contribution in [0.3, 0.4) is 0 Å². The first-order valence-electron chi connectivity index (χ1n) is 9.22. The van der Waals surface area contributed by atoms with Crippen LogP contribution in [0.1, 0.15) is 29.2 Å². The number of anilines is 2. The molecule has 0 saturated heterocycles. The summed E-state index contributed by atoms with van der Waals surface area (Å²) in [5.74, 6) is -0.374. The fraction of sp³-hybridized carbons (Fsp3) is 0.286. The minimum Gasteiger partial charge on any atom is -0.330 e. The number of aromatic nitrogens is 2. The molecule has 0 aliphatic carbocycles. The van der Waals surface area contributed by atoms with Gasteiger partial charge in [0, 0.05) is 17.8 Å². The fourth-order valence-corrected chi connectivity index (χ4v) is 3.84. The van der Waals surface area contributed by atoms with Gasteiger partial charge in [-0.15, -0.1) is 5.10 Å². The molecular formula is C21H22FN5S2. The topological polar surface area (TPSA) is 56.9 Å². The third-order valence-electron chi connectivity index (χ3n) is 4.72. The van der Waals surface area contributed by atoms with Gasteiger partial charge >= 0.3 is 0 Å². The predicted molar refractivity (Wildman–Crippen MR) is 117 cm³/mol. The molecule has 2 aromatic carbocycles. The van der Waals surface area contributed by atoms with Crippen LogP contribution in [0.15, 0.2) is 36.4 Å². The molecule has 29 heavy (non-hydrogen) atoms. The number of rotatable bonds is 7. The number of nitrogens with zero attached hydrogens (tertiary/aromatic N) is 4. The third kappa shape index (κ3) is 5.26. The highest BCUT2D eigenvalue weighted by atomic mass is 32.1. The Morgan fingerprint density at radius 3 is 2.69 bits per heavy atom. The third-order valence-corrected chi connectivity index (χ3v) is 5.94. The van der Waals surface area contributed by atoms with E-state index in [0.717, 1.165) is 10.8 Å². The van der Waals surface area contributed by atoms with E-state index in [0.29, 0.717) is 34.8 Å². The summed E-state index contributed by atoms with van der Waals surface area (Å²) in [6.45, 7) is 7.73.